The van der Waals surface area contributed by atoms with E-state index in [4.69, 9.17) is 4.84 Å². The first-order valence-corrected chi connectivity index (χ1v) is 9.60. The molecule has 0 aliphatic heterocycles. The normalized spacial score (nSPS) is 11.8. The smallest absolute Gasteiger partial charge is 0.269 e. The average Bonchev–Trinajstić information content (AvgIpc) is 2.91. The summed E-state index contributed by atoms with van der Waals surface area (Å²) >= 11 is 0. The van der Waals surface area contributed by atoms with Gasteiger partial charge in [0.2, 0.25) is 0 Å². The zero-order valence-electron chi connectivity index (χ0n) is 16.2. The lowest BCUT2D eigenvalue weighted by Gasteiger charge is -2.00. The molecule has 31 heavy (non-hydrogen) atoms. The molecule has 0 aliphatic carbocycles. The van der Waals surface area contributed by atoms with Crippen molar-refractivity contribution in [1.29, 1.82) is 0 Å². The number of hydrogen-bond donors (Lipinski definition) is 0. The molecule has 0 spiro atoms. The fourth-order valence-electron chi connectivity index (χ4n) is 3.79. The van der Waals surface area contributed by atoms with Gasteiger partial charge in [0.25, 0.3) is 5.69 Å². The van der Waals surface area contributed by atoms with Gasteiger partial charge in [0.15, 0.2) is 5.75 Å². The van der Waals surface area contributed by atoms with E-state index in [9.17, 15) is 14.5 Å². The van der Waals surface area contributed by atoms with E-state index in [1.807, 2.05) is 48.5 Å². The van der Waals surface area contributed by atoms with E-state index in [1.54, 1.807) is 6.07 Å². The summed E-state index contributed by atoms with van der Waals surface area (Å²) in [5.74, 6) is 0.0242. The lowest BCUT2D eigenvalue weighted by Crippen LogP contribution is -2.05. The lowest BCUT2D eigenvalue weighted by atomic mass is 10.1. The van der Waals surface area contributed by atoms with Gasteiger partial charge in [-0.2, -0.15) is 0 Å². The molecule has 0 amide bonds. The summed E-state index contributed by atoms with van der Waals surface area (Å²) in [7, 11) is 0. The molecule has 5 rings (SSSR count). The van der Waals surface area contributed by atoms with Crippen molar-refractivity contribution in [3.05, 3.63) is 112 Å². The first-order chi connectivity index (χ1) is 15.1. The summed E-state index contributed by atoms with van der Waals surface area (Å²) in [6.45, 7) is 0. The maximum absolute atomic E-state index is 14.2. The van der Waals surface area contributed by atoms with Gasteiger partial charge in [-0.1, -0.05) is 53.7 Å². The third kappa shape index (κ3) is 3.34. The molecule has 0 heterocycles. The van der Waals surface area contributed by atoms with Crippen molar-refractivity contribution in [1.82, 2.24) is 0 Å². The Bertz CT molecular complexity index is 1550. The molecule has 0 radical (unpaired) electrons. The predicted molar refractivity (Wildman–Crippen MR) is 118 cm³/mol. The van der Waals surface area contributed by atoms with E-state index in [-0.39, 0.29) is 11.5 Å². The standard InChI is InChI=1S/C25H15FN2O3/c26-16-9-14-23-24(15-16)21-7-2-1-5-19(21)20-6-3-4-8-22(20)25(23)27-31-18-12-10-17(11-13-18)28(29)30/h1-15H. The molecule has 5 aromatic carbocycles. The molecule has 0 unspecified atom stereocenters. The molecule has 0 saturated carbocycles. The fraction of sp³-hybridized carbons (Fsp3) is 0. The molecule has 0 fully saturated rings. The number of halogens is 1. The summed E-state index contributed by atoms with van der Waals surface area (Å²) < 4.78 is 14.2. The second kappa shape index (κ2) is 7.50. The number of hydrogen-bond acceptors (Lipinski definition) is 4. The van der Waals surface area contributed by atoms with Crippen LogP contribution in [0.3, 0.4) is 0 Å². The highest BCUT2D eigenvalue weighted by atomic mass is 19.1. The monoisotopic (exact) mass is 410 g/mol. The number of non-ortho nitro benzene ring substituents is 1. The molecular formula is C25H15FN2O3. The highest BCUT2D eigenvalue weighted by Crippen LogP contribution is 2.28. The van der Waals surface area contributed by atoms with Crippen LogP contribution < -0.4 is 10.2 Å². The number of nitrogens with zero attached hydrogens (tertiary/aromatic N) is 2. The minimum atomic E-state index is -0.473. The molecule has 0 aromatic heterocycles. The average molecular weight is 410 g/mol. The van der Waals surface area contributed by atoms with E-state index >= 15 is 0 Å². The highest BCUT2D eigenvalue weighted by Gasteiger charge is 2.10. The Kier molecular flexibility index (Phi) is 4.52. The molecule has 0 aliphatic rings. The van der Waals surface area contributed by atoms with E-state index in [2.05, 4.69) is 5.16 Å². The van der Waals surface area contributed by atoms with Gasteiger partial charge in [-0.3, -0.25) is 10.1 Å². The van der Waals surface area contributed by atoms with E-state index in [1.165, 1.54) is 36.4 Å². The first kappa shape index (κ1) is 18.7. The van der Waals surface area contributed by atoms with Crippen molar-refractivity contribution in [3.63, 3.8) is 0 Å². The summed E-state index contributed by atoms with van der Waals surface area (Å²) in [5, 5.41) is 21.0. The van der Waals surface area contributed by atoms with Crippen LogP contribution in [0.2, 0.25) is 0 Å². The summed E-state index contributed by atoms with van der Waals surface area (Å²) in [6, 6.07) is 25.9. The molecule has 5 aromatic rings. The maximum atomic E-state index is 14.2. The van der Waals surface area contributed by atoms with Crippen LogP contribution in [-0.4, -0.2) is 4.92 Å². The second-order valence-electron chi connectivity index (χ2n) is 7.06. The van der Waals surface area contributed by atoms with Crippen molar-refractivity contribution in [2.75, 3.05) is 0 Å². The van der Waals surface area contributed by atoms with Crippen molar-refractivity contribution in [2.24, 2.45) is 5.16 Å². The van der Waals surface area contributed by atoms with Crippen LogP contribution in [0.1, 0.15) is 0 Å². The van der Waals surface area contributed by atoms with Crippen LogP contribution in [0.25, 0.3) is 32.3 Å². The molecule has 6 heteroatoms. The van der Waals surface area contributed by atoms with Gasteiger partial charge in [0.05, 0.1) is 4.92 Å². The van der Waals surface area contributed by atoms with Crippen LogP contribution >= 0.6 is 0 Å². The Morgan fingerprint density at radius 3 is 1.90 bits per heavy atom. The SMILES string of the molecule is O=[N+]([O-])c1ccc(ON=c2c3ccccc3c3ccccc3c3cc(F)ccc23)cc1. The van der Waals surface area contributed by atoms with Crippen molar-refractivity contribution < 1.29 is 14.2 Å². The number of benzene rings is 4. The Morgan fingerprint density at radius 1 is 0.710 bits per heavy atom. The fourth-order valence-corrected chi connectivity index (χ4v) is 3.79. The van der Waals surface area contributed by atoms with Crippen LogP contribution in [0.15, 0.2) is 96.2 Å². The van der Waals surface area contributed by atoms with Gasteiger partial charge in [-0.15, -0.1) is 0 Å². The quantitative estimate of drug-likeness (QED) is 0.267. The second-order valence-corrected chi connectivity index (χ2v) is 7.06. The summed E-state index contributed by atoms with van der Waals surface area (Å²) in [6.07, 6.45) is 0. The summed E-state index contributed by atoms with van der Waals surface area (Å²) in [5.41, 5.74) is -0.0314. The number of nitro groups is 1. The molecule has 0 saturated heterocycles. The largest absolute Gasteiger partial charge is 0.356 e. The first-order valence-electron chi connectivity index (χ1n) is 9.60. The molecular weight excluding hydrogens is 395 g/mol. The predicted octanol–water partition coefficient (Wildman–Crippen LogP) is 6.09. The van der Waals surface area contributed by atoms with Gasteiger partial charge < -0.3 is 4.84 Å². The van der Waals surface area contributed by atoms with Gasteiger partial charge >= 0.3 is 0 Å². The Hall–Kier alpha value is -4.32. The lowest BCUT2D eigenvalue weighted by molar-refractivity contribution is -0.384. The number of rotatable bonds is 3. The van der Waals surface area contributed by atoms with Crippen molar-refractivity contribution in [3.8, 4) is 5.75 Å². The molecule has 5 nitrogen and oxygen atoms in total. The molecule has 0 bridgehead atoms. The highest BCUT2D eigenvalue weighted by molar-refractivity contribution is 6.17. The van der Waals surface area contributed by atoms with E-state index in [0.29, 0.717) is 11.1 Å². The van der Waals surface area contributed by atoms with Crippen LogP contribution in [-0.2, 0) is 0 Å². The van der Waals surface area contributed by atoms with Crippen molar-refractivity contribution >= 4 is 38.0 Å². The third-order valence-corrected chi connectivity index (χ3v) is 5.22. The van der Waals surface area contributed by atoms with E-state index < -0.39 is 4.92 Å². The Labute approximate surface area is 175 Å². The van der Waals surface area contributed by atoms with Crippen LogP contribution in [0, 0.1) is 15.9 Å². The Morgan fingerprint density at radius 2 is 1.26 bits per heavy atom. The number of fused-ring (bicyclic) bond motifs is 5. The van der Waals surface area contributed by atoms with Crippen molar-refractivity contribution in [2.45, 2.75) is 0 Å². The van der Waals surface area contributed by atoms with Crippen LogP contribution in [0.5, 0.6) is 5.75 Å². The topological polar surface area (TPSA) is 64.7 Å². The van der Waals surface area contributed by atoms with Gasteiger partial charge in [0, 0.05) is 22.9 Å². The molecule has 0 atom stereocenters. The molecule has 150 valence electrons. The Balaban J connectivity index is 1.85. The number of nitro benzene ring substituents is 1. The van der Waals surface area contributed by atoms with E-state index in [0.717, 1.165) is 32.3 Å². The third-order valence-electron chi connectivity index (χ3n) is 5.22. The zero-order valence-corrected chi connectivity index (χ0v) is 16.2. The maximum Gasteiger partial charge on any atom is 0.269 e. The van der Waals surface area contributed by atoms with Gasteiger partial charge in [0.1, 0.15) is 11.2 Å². The van der Waals surface area contributed by atoms with Crippen LogP contribution in [0.4, 0.5) is 10.1 Å². The minimum Gasteiger partial charge on any atom is -0.356 e. The zero-order chi connectivity index (χ0) is 21.4. The van der Waals surface area contributed by atoms with Gasteiger partial charge in [-0.05, 0) is 51.9 Å². The minimum absolute atomic E-state index is 0.0314. The summed E-state index contributed by atoms with van der Waals surface area (Å²) in [4.78, 5) is 16.0. The van der Waals surface area contributed by atoms with Gasteiger partial charge in [-0.25, -0.2) is 4.39 Å². The molecule has 0 N–H and O–H groups in total.